The Balaban J connectivity index is 1.69. The molecule has 138 valence electrons. The smallest absolute Gasteiger partial charge is 0.289 e. The van der Waals surface area contributed by atoms with Crippen LogP contribution < -0.4 is 10.2 Å². The lowest BCUT2D eigenvalue weighted by Gasteiger charge is -2.04. The number of H-pyrrole nitrogens is 1. The lowest BCUT2D eigenvalue weighted by Crippen LogP contribution is -2.19. The number of hydrogen-bond donors (Lipinski definition) is 3. The van der Waals surface area contributed by atoms with Crippen molar-refractivity contribution in [1.29, 1.82) is 0 Å². The standard InChI is InChI=1S/C20H20N4O3/c1-3-27-15-10-8-14(9-11-15)17-12-18(23-22-17)20(26)24-21-13(2)16-6-4-5-7-19(16)25/h4-12,25H,3H2,1-2H3,(H,22,23)(H,24,26)/b21-13+. The van der Waals surface area contributed by atoms with E-state index < -0.39 is 5.91 Å². The maximum Gasteiger partial charge on any atom is 0.289 e. The highest BCUT2D eigenvalue weighted by Crippen LogP contribution is 2.21. The van der Waals surface area contributed by atoms with Gasteiger partial charge in [0.25, 0.3) is 5.91 Å². The third-order valence-corrected chi connectivity index (χ3v) is 3.90. The number of amides is 1. The quantitative estimate of drug-likeness (QED) is 0.461. The summed E-state index contributed by atoms with van der Waals surface area (Å²) >= 11 is 0. The summed E-state index contributed by atoms with van der Waals surface area (Å²) in [6.07, 6.45) is 0. The number of aromatic nitrogens is 2. The van der Waals surface area contributed by atoms with Gasteiger partial charge in [0.2, 0.25) is 0 Å². The van der Waals surface area contributed by atoms with Crippen LogP contribution in [-0.4, -0.2) is 33.5 Å². The molecule has 27 heavy (non-hydrogen) atoms. The van der Waals surface area contributed by atoms with Gasteiger partial charge in [0, 0.05) is 11.1 Å². The maximum absolute atomic E-state index is 12.3. The van der Waals surface area contributed by atoms with Crippen molar-refractivity contribution in [2.75, 3.05) is 6.61 Å². The average molecular weight is 364 g/mol. The van der Waals surface area contributed by atoms with Crippen LogP contribution in [0.3, 0.4) is 0 Å². The minimum atomic E-state index is -0.422. The Kier molecular flexibility index (Phi) is 5.51. The normalized spacial score (nSPS) is 11.3. The molecule has 0 aliphatic heterocycles. The number of hydrazone groups is 1. The number of para-hydroxylation sites is 1. The number of aromatic hydroxyl groups is 1. The van der Waals surface area contributed by atoms with Crippen molar-refractivity contribution >= 4 is 11.6 Å². The molecule has 0 unspecified atom stereocenters. The Morgan fingerprint density at radius 2 is 1.96 bits per heavy atom. The summed E-state index contributed by atoms with van der Waals surface area (Å²) in [5.41, 5.74) is 5.30. The summed E-state index contributed by atoms with van der Waals surface area (Å²) in [5, 5.41) is 20.7. The fourth-order valence-corrected chi connectivity index (χ4v) is 2.51. The highest BCUT2D eigenvalue weighted by atomic mass is 16.5. The molecule has 0 radical (unpaired) electrons. The molecule has 1 aromatic heterocycles. The van der Waals surface area contributed by atoms with Gasteiger partial charge >= 0.3 is 0 Å². The van der Waals surface area contributed by atoms with Gasteiger partial charge in [0.05, 0.1) is 18.0 Å². The fourth-order valence-electron chi connectivity index (χ4n) is 2.51. The van der Waals surface area contributed by atoms with Gasteiger partial charge in [-0.15, -0.1) is 0 Å². The SMILES string of the molecule is CCOc1ccc(-c2cc(C(=O)N/N=C(\C)c3ccccc3O)[nH]n2)cc1. The lowest BCUT2D eigenvalue weighted by molar-refractivity contribution is 0.0950. The molecule has 1 heterocycles. The molecule has 1 amide bonds. The van der Waals surface area contributed by atoms with E-state index in [2.05, 4.69) is 20.7 Å². The first-order chi connectivity index (χ1) is 13.1. The number of ether oxygens (including phenoxy) is 1. The van der Waals surface area contributed by atoms with Crippen molar-refractivity contribution < 1.29 is 14.6 Å². The summed E-state index contributed by atoms with van der Waals surface area (Å²) in [6, 6.07) is 15.9. The van der Waals surface area contributed by atoms with Gasteiger partial charge in [-0.1, -0.05) is 12.1 Å². The second kappa shape index (κ2) is 8.18. The van der Waals surface area contributed by atoms with E-state index in [1.54, 1.807) is 37.3 Å². The summed E-state index contributed by atoms with van der Waals surface area (Å²) < 4.78 is 5.41. The van der Waals surface area contributed by atoms with E-state index in [-0.39, 0.29) is 11.4 Å². The lowest BCUT2D eigenvalue weighted by atomic mass is 10.1. The first kappa shape index (κ1) is 18.2. The number of benzene rings is 2. The molecule has 0 aliphatic rings. The second-order valence-electron chi connectivity index (χ2n) is 5.78. The molecule has 0 spiro atoms. The zero-order valence-electron chi connectivity index (χ0n) is 15.1. The number of hydrogen-bond acceptors (Lipinski definition) is 5. The van der Waals surface area contributed by atoms with Gasteiger partial charge in [0.15, 0.2) is 0 Å². The number of phenols is 1. The highest BCUT2D eigenvalue weighted by Gasteiger charge is 2.11. The summed E-state index contributed by atoms with van der Waals surface area (Å²) in [5.74, 6) is 0.463. The van der Waals surface area contributed by atoms with Crippen LogP contribution in [0, 0.1) is 0 Å². The number of rotatable bonds is 6. The van der Waals surface area contributed by atoms with Crippen molar-refractivity contribution in [3.05, 3.63) is 65.9 Å². The van der Waals surface area contributed by atoms with Crippen LogP contribution in [-0.2, 0) is 0 Å². The van der Waals surface area contributed by atoms with Gasteiger partial charge in [-0.25, -0.2) is 5.43 Å². The van der Waals surface area contributed by atoms with Gasteiger partial charge in [0.1, 0.15) is 17.2 Å². The molecule has 0 saturated carbocycles. The fraction of sp³-hybridized carbons (Fsp3) is 0.150. The number of aromatic amines is 1. The highest BCUT2D eigenvalue weighted by molar-refractivity contribution is 6.02. The van der Waals surface area contributed by atoms with Crippen LogP contribution in [0.2, 0.25) is 0 Å². The molecule has 0 saturated heterocycles. The third kappa shape index (κ3) is 4.33. The Bertz CT molecular complexity index is 961. The van der Waals surface area contributed by atoms with Crippen LogP contribution >= 0.6 is 0 Å². The molecule has 0 fully saturated rings. The van der Waals surface area contributed by atoms with Crippen molar-refractivity contribution in [2.45, 2.75) is 13.8 Å². The van der Waals surface area contributed by atoms with Crippen LogP contribution in [0.15, 0.2) is 59.7 Å². The summed E-state index contributed by atoms with van der Waals surface area (Å²) in [6.45, 7) is 4.23. The van der Waals surface area contributed by atoms with E-state index in [0.717, 1.165) is 11.3 Å². The number of phenolic OH excluding ortho intramolecular Hbond substituents is 1. The van der Waals surface area contributed by atoms with Gasteiger partial charge < -0.3 is 9.84 Å². The Hall–Kier alpha value is -3.61. The number of nitrogens with zero attached hydrogens (tertiary/aromatic N) is 2. The molecule has 0 bridgehead atoms. The topological polar surface area (TPSA) is 99.6 Å². The third-order valence-electron chi connectivity index (χ3n) is 3.90. The molecular weight excluding hydrogens is 344 g/mol. The average Bonchev–Trinajstić information content (AvgIpc) is 3.17. The predicted octanol–water partition coefficient (Wildman–Crippen LogP) is 3.34. The van der Waals surface area contributed by atoms with Crippen molar-refractivity contribution in [3.8, 4) is 22.8 Å². The van der Waals surface area contributed by atoms with Gasteiger partial charge in [-0.2, -0.15) is 10.2 Å². The Morgan fingerprint density at radius 1 is 1.22 bits per heavy atom. The summed E-state index contributed by atoms with van der Waals surface area (Å²) in [7, 11) is 0. The van der Waals surface area contributed by atoms with E-state index in [9.17, 15) is 9.90 Å². The van der Waals surface area contributed by atoms with Crippen LogP contribution in [0.25, 0.3) is 11.3 Å². The molecule has 0 atom stereocenters. The van der Waals surface area contributed by atoms with Gasteiger partial charge in [-0.05, 0) is 56.3 Å². The molecular formula is C20H20N4O3. The Labute approximate surface area is 156 Å². The van der Waals surface area contributed by atoms with E-state index in [0.29, 0.717) is 23.6 Å². The molecule has 3 aromatic rings. The maximum atomic E-state index is 12.3. The first-order valence-electron chi connectivity index (χ1n) is 8.50. The van der Waals surface area contributed by atoms with Crippen molar-refractivity contribution in [2.24, 2.45) is 5.10 Å². The monoisotopic (exact) mass is 364 g/mol. The van der Waals surface area contributed by atoms with Crippen molar-refractivity contribution in [1.82, 2.24) is 15.6 Å². The molecule has 2 aromatic carbocycles. The number of carbonyl (C=O) groups excluding carboxylic acids is 1. The first-order valence-corrected chi connectivity index (χ1v) is 8.50. The summed E-state index contributed by atoms with van der Waals surface area (Å²) in [4.78, 5) is 12.3. The minimum Gasteiger partial charge on any atom is -0.507 e. The van der Waals surface area contributed by atoms with Gasteiger partial charge in [-0.3, -0.25) is 9.89 Å². The zero-order valence-corrected chi connectivity index (χ0v) is 15.1. The van der Waals surface area contributed by atoms with E-state index in [1.807, 2.05) is 31.2 Å². The zero-order chi connectivity index (χ0) is 19.2. The molecule has 3 rings (SSSR count). The Morgan fingerprint density at radius 3 is 2.67 bits per heavy atom. The van der Waals surface area contributed by atoms with E-state index >= 15 is 0 Å². The number of nitrogens with one attached hydrogen (secondary N) is 2. The molecule has 0 aliphatic carbocycles. The second-order valence-corrected chi connectivity index (χ2v) is 5.78. The largest absolute Gasteiger partial charge is 0.507 e. The molecule has 7 heteroatoms. The minimum absolute atomic E-state index is 0.104. The van der Waals surface area contributed by atoms with Crippen molar-refractivity contribution in [3.63, 3.8) is 0 Å². The predicted molar refractivity (Wildman–Crippen MR) is 103 cm³/mol. The van der Waals surface area contributed by atoms with Crippen LogP contribution in [0.4, 0.5) is 0 Å². The van der Waals surface area contributed by atoms with E-state index in [4.69, 9.17) is 4.74 Å². The van der Waals surface area contributed by atoms with Crippen LogP contribution in [0.5, 0.6) is 11.5 Å². The molecule has 7 nitrogen and oxygen atoms in total. The number of carbonyl (C=O) groups is 1. The van der Waals surface area contributed by atoms with E-state index in [1.165, 1.54) is 0 Å². The molecule has 3 N–H and O–H groups in total. The van der Waals surface area contributed by atoms with Crippen LogP contribution in [0.1, 0.15) is 29.9 Å².